The Balaban J connectivity index is 2.04. The number of carbonyl (C=O) groups is 1. The lowest BCUT2D eigenvalue weighted by Gasteiger charge is -2.05. The zero-order valence-corrected chi connectivity index (χ0v) is 11.9. The largest absolute Gasteiger partial charge is 0.347 e. The second kappa shape index (κ2) is 5.67. The van der Waals surface area contributed by atoms with Crippen LogP contribution < -0.4 is 5.32 Å². The number of thiophene rings is 1. The van der Waals surface area contributed by atoms with Gasteiger partial charge in [0.25, 0.3) is 5.91 Å². The van der Waals surface area contributed by atoms with Gasteiger partial charge in [0.15, 0.2) is 0 Å². The Kier molecular flexibility index (Phi) is 4.20. The summed E-state index contributed by atoms with van der Waals surface area (Å²) in [6.45, 7) is 0.502. The molecule has 17 heavy (non-hydrogen) atoms. The van der Waals surface area contributed by atoms with E-state index in [0.717, 1.165) is 9.35 Å². The van der Waals surface area contributed by atoms with Crippen molar-refractivity contribution in [3.63, 3.8) is 0 Å². The van der Waals surface area contributed by atoms with Gasteiger partial charge in [-0.15, -0.1) is 11.3 Å². The summed E-state index contributed by atoms with van der Waals surface area (Å²) in [6.07, 6.45) is 0. The molecule has 0 saturated heterocycles. The van der Waals surface area contributed by atoms with E-state index >= 15 is 0 Å². The summed E-state index contributed by atoms with van der Waals surface area (Å²) in [7, 11) is 0. The number of hydrogen-bond donors (Lipinski definition) is 1. The lowest BCUT2D eigenvalue weighted by molar-refractivity contribution is 0.0951. The lowest BCUT2D eigenvalue weighted by atomic mass is 10.2. The summed E-state index contributed by atoms with van der Waals surface area (Å²) in [5.41, 5.74) is 0.502. The minimum atomic E-state index is -0.157. The van der Waals surface area contributed by atoms with Gasteiger partial charge in [-0.2, -0.15) is 0 Å². The van der Waals surface area contributed by atoms with Crippen LogP contribution in [0, 0.1) is 0 Å². The highest BCUT2D eigenvalue weighted by Crippen LogP contribution is 2.22. The summed E-state index contributed by atoms with van der Waals surface area (Å²) in [6, 6.07) is 8.97. The zero-order valence-electron chi connectivity index (χ0n) is 8.74. The Morgan fingerprint density at radius 1 is 1.35 bits per heavy atom. The molecular weight excluding hydrogens is 322 g/mol. The van der Waals surface area contributed by atoms with E-state index in [1.165, 1.54) is 0 Å². The van der Waals surface area contributed by atoms with Crippen LogP contribution in [0.4, 0.5) is 0 Å². The number of amides is 1. The second-order valence-corrected chi connectivity index (χ2v) is 5.62. The Morgan fingerprint density at radius 2 is 2.12 bits per heavy atom. The van der Waals surface area contributed by atoms with Crippen LogP contribution in [0.2, 0.25) is 5.02 Å². The van der Waals surface area contributed by atoms with Crippen molar-refractivity contribution in [2.24, 2.45) is 0 Å². The van der Waals surface area contributed by atoms with Gasteiger partial charge in [0, 0.05) is 9.35 Å². The Morgan fingerprint density at radius 3 is 2.76 bits per heavy atom. The van der Waals surface area contributed by atoms with Crippen LogP contribution in [0.5, 0.6) is 0 Å². The first-order valence-electron chi connectivity index (χ1n) is 4.93. The predicted molar refractivity (Wildman–Crippen MR) is 74.6 cm³/mol. The highest BCUT2D eigenvalue weighted by molar-refractivity contribution is 9.10. The van der Waals surface area contributed by atoms with Crippen LogP contribution in [0.3, 0.4) is 0 Å². The van der Waals surface area contributed by atoms with Crippen LogP contribution in [-0.2, 0) is 6.54 Å². The average Bonchev–Trinajstić information content (AvgIpc) is 2.72. The average molecular weight is 331 g/mol. The molecule has 1 aromatic carbocycles. The molecule has 2 nitrogen and oxygen atoms in total. The van der Waals surface area contributed by atoms with Gasteiger partial charge in [-0.1, -0.05) is 23.7 Å². The Labute approximate surface area is 117 Å². The molecule has 0 aliphatic heterocycles. The van der Waals surface area contributed by atoms with Crippen molar-refractivity contribution in [2.45, 2.75) is 6.54 Å². The van der Waals surface area contributed by atoms with E-state index in [9.17, 15) is 4.79 Å². The van der Waals surface area contributed by atoms with Crippen LogP contribution in [-0.4, -0.2) is 5.91 Å². The number of halogens is 2. The number of nitrogens with one attached hydrogen (secondary N) is 1. The SMILES string of the molecule is O=C(NCc1sccc1Br)c1ccccc1Cl. The standard InChI is InChI=1S/C12H9BrClNOS/c13-9-5-6-17-11(9)7-15-12(16)8-3-1-2-4-10(8)14/h1-6H,7H2,(H,15,16). The van der Waals surface area contributed by atoms with Crippen LogP contribution in [0.1, 0.15) is 15.2 Å². The molecule has 0 radical (unpaired) electrons. The highest BCUT2D eigenvalue weighted by atomic mass is 79.9. The quantitative estimate of drug-likeness (QED) is 0.902. The first-order valence-corrected chi connectivity index (χ1v) is 6.98. The molecule has 1 aromatic heterocycles. The van der Waals surface area contributed by atoms with Crippen molar-refractivity contribution >= 4 is 44.8 Å². The van der Waals surface area contributed by atoms with Gasteiger partial charge < -0.3 is 5.32 Å². The Bertz CT molecular complexity index is 541. The van der Waals surface area contributed by atoms with Crippen molar-refractivity contribution < 1.29 is 4.79 Å². The number of benzene rings is 1. The fourth-order valence-electron chi connectivity index (χ4n) is 1.35. The van der Waals surface area contributed by atoms with Crippen molar-refractivity contribution in [3.8, 4) is 0 Å². The summed E-state index contributed by atoms with van der Waals surface area (Å²) in [5, 5.41) is 5.28. The van der Waals surface area contributed by atoms with E-state index in [1.54, 1.807) is 35.6 Å². The first-order chi connectivity index (χ1) is 8.18. The van der Waals surface area contributed by atoms with Crippen molar-refractivity contribution in [1.29, 1.82) is 0 Å². The molecule has 0 saturated carbocycles. The maximum atomic E-state index is 11.9. The molecule has 1 N–H and O–H groups in total. The van der Waals surface area contributed by atoms with E-state index in [0.29, 0.717) is 17.1 Å². The van der Waals surface area contributed by atoms with Crippen LogP contribution in [0.25, 0.3) is 0 Å². The van der Waals surface area contributed by atoms with Gasteiger partial charge in [-0.3, -0.25) is 4.79 Å². The van der Waals surface area contributed by atoms with Gasteiger partial charge in [0.05, 0.1) is 17.1 Å². The van der Waals surface area contributed by atoms with Gasteiger partial charge in [-0.25, -0.2) is 0 Å². The third kappa shape index (κ3) is 3.09. The zero-order chi connectivity index (χ0) is 12.3. The Hall–Kier alpha value is -0.840. The van der Waals surface area contributed by atoms with Crippen LogP contribution >= 0.6 is 38.9 Å². The van der Waals surface area contributed by atoms with E-state index in [1.807, 2.05) is 11.4 Å². The molecule has 1 heterocycles. The maximum absolute atomic E-state index is 11.9. The molecule has 0 aliphatic rings. The molecule has 0 bridgehead atoms. The predicted octanol–water partition coefficient (Wildman–Crippen LogP) is 4.09. The molecule has 2 rings (SSSR count). The molecule has 88 valence electrons. The fraction of sp³-hybridized carbons (Fsp3) is 0.0833. The van der Waals surface area contributed by atoms with Crippen molar-refractivity contribution in [2.75, 3.05) is 0 Å². The number of rotatable bonds is 3. The first kappa shape index (κ1) is 12.6. The molecular formula is C12H9BrClNOS. The third-order valence-electron chi connectivity index (χ3n) is 2.22. The van der Waals surface area contributed by atoms with Gasteiger partial charge in [0.1, 0.15) is 0 Å². The summed E-state index contributed by atoms with van der Waals surface area (Å²) in [5.74, 6) is -0.157. The molecule has 0 aliphatic carbocycles. The van der Waals surface area contributed by atoms with Gasteiger partial charge in [-0.05, 0) is 39.5 Å². The van der Waals surface area contributed by atoms with Gasteiger partial charge in [0.2, 0.25) is 0 Å². The van der Waals surface area contributed by atoms with E-state index in [2.05, 4.69) is 21.2 Å². The van der Waals surface area contributed by atoms with E-state index < -0.39 is 0 Å². The third-order valence-corrected chi connectivity index (χ3v) is 4.47. The number of carbonyl (C=O) groups excluding carboxylic acids is 1. The molecule has 1 amide bonds. The fourth-order valence-corrected chi connectivity index (χ4v) is 3.01. The summed E-state index contributed by atoms with van der Waals surface area (Å²) < 4.78 is 1.02. The van der Waals surface area contributed by atoms with Crippen LogP contribution in [0.15, 0.2) is 40.2 Å². The smallest absolute Gasteiger partial charge is 0.253 e. The number of hydrogen-bond acceptors (Lipinski definition) is 2. The topological polar surface area (TPSA) is 29.1 Å². The molecule has 5 heteroatoms. The normalized spacial score (nSPS) is 10.2. The summed E-state index contributed by atoms with van der Waals surface area (Å²) >= 11 is 11.0. The highest BCUT2D eigenvalue weighted by Gasteiger charge is 2.10. The van der Waals surface area contributed by atoms with Crippen molar-refractivity contribution in [3.05, 3.63) is 55.6 Å². The second-order valence-electron chi connectivity index (χ2n) is 3.35. The molecule has 0 fully saturated rings. The minimum absolute atomic E-state index is 0.157. The monoisotopic (exact) mass is 329 g/mol. The van der Waals surface area contributed by atoms with E-state index in [4.69, 9.17) is 11.6 Å². The molecule has 0 atom stereocenters. The molecule has 0 spiro atoms. The molecule has 2 aromatic rings. The minimum Gasteiger partial charge on any atom is -0.347 e. The maximum Gasteiger partial charge on any atom is 0.253 e. The lowest BCUT2D eigenvalue weighted by Crippen LogP contribution is -2.22. The van der Waals surface area contributed by atoms with Gasteiger partial charge >= 0.3 is 0 Å². The van der Waals surface area contributed by atoms with E-state index in [-0.39, 0.29) is 5.91 Å². The summed E-state index contributed by atoms with van der Waals surface area (Å²) in [4.78, 5) is 13.0. The van der Waals surface area contributed by atoms with Crippen molar-refractivity contribution in [1.82, 2.24) is 5.32 Å². The molecule has 0 unspecified atom stereocenters.